The van der Waals surface area contributed by atoms with E-state index in [1.165, 1.54) is 21.8 Å². The predicted octanol–water partition coefficient (Wildman–Crippen LogP) is 2.59. The molecule has 4 aromatic heterocycles. The number of nitrogens with one attached hydrogen (secondary N) is 2. The summed E-state index contributed by atoms with van der Waals surface area (Å²) in [5.41, 5.74) is 1.42. The highest BCUT2D eigenvalue weighted by Gasteiger charge is 2.19. The monoisotopic (exact) mass is 443 g/mol. The molecule has 0 bridgehead atoms. The number of benzene rings is 1. The molecular weight excluding hydrogens is 426 g/mol. The summed E-state index contributed by atoms with van der Waals surface area (Å²) in [6, 6.07) is 16.2. The summed E-state index contributed by atoms with van der Waals surface area (Å²) < 4.78 is 3.01. The van der Waals surface area contributed by atoms with Crippen LogP contribution in [0.25, 0.3) is 16.7 Å². The quantitative estimate of drug-likeness (QED) is 0.414. The van der Waals surface area contributed by atoms with Crippen LogP contribution >= 0.6 is 11.3 Å². The molecule has 0 aliphatic carbocycles. The number of anilines is 1. The van der Waals surface area contributed by atoms with Crippen molar-refractivity contribution in [3.63, 3.8) is 0 Å². The van der Waals surface area contributed by atoms with Gasteiger partial charge in [0.15, 0.2) is 0 Å². The smallest absolute Gasteiger partial charge is 0.267 e. The van der Waals surface area contributed by atoms with Crippen molar-refractivity contribution in [2.24, 2.45) is 0 Å². The summed E-state index contributed by atoms with van der Waals surface area (Å²) in [7, 11) is 0. The van der Waals surface area contributed by atoms with Gasteiger partial charge in [0.05, 0.1) is 17.5 Å². The fraction of sp³-hybridized carbons (Fsp3) is 0.0909. The highest BCUT2D eigenvalue weighted by Crippen LogP contribution is 2.16. The SMILES string of the molecule is Cc1nnc(NC(=O)c2cc3c(=O)n4ccccc4nc3n(Cc3ccccc3)c2=N)s1. The van der Waals surface area contributed by atoms with E-state index in [9.17, 15) is 9.59 Å². The van der Waals surface area contributed by atoms with Gasteiger partial charge in [0.25, 0.3) is 11.5 Å². The maximum Gasteiger partial charge on any atom is 0.267 e. The second-order valence-electron chi connectivity index (χ2n) is 7.14. The van der Waals surface area contributed by atoms with Gasteiger partial charge in [0, 0.05) is 6.20 Å². The first-order chi connectivity index (χ1) is 15.5. The maximum absolute atomic E-state index is 13.2. The van der Waals surface area contributed by atoms with Crippen molar-refractivity contribution in [1.29, 1.82) is 5.41 Å². The Hall–Kier alpha value is -4.18. The molecule has 0 saturated carbocycles. The topological polar surface area (TPSA) is 118 Å². The lowest BCUT2D eigenvalue weighted by Gasteiger charge is -2.14. The fourth-order valence-corrected chi connectivity index (χ4v) is 4.08. The first-order valence-electron chi connectivity index (χ1n) is 9.76. The highest BCUT2D eigenvalue weighted by molar-refractivity contribution is 7.15. The summed E-state index contributed by atoms with van der Waals surface area (Å²) in [6.07, 6.45) is 1.63. The third-order valence-corrected chi connectivity index (χ3v) is 5.75. The van der Waals surface area contributed by atoms with Crippen molar-refractivity contribution < 1.29 is 4.79 Å². The average molecular weight is 443 g/mol. The van der Waals surface area contributed by atoms with E-state index in [0.29, 0.717) is 21.4 Å². The number of nitrogens with zero attached hydrogens (tertiary/aromatic N) is 5. The van der Waals surface area contributed by atoms with Crippen LogP contribution in [0.2, 0.25) is 0 Å². The predicted molar refractivity (Wildman–Crippen MR) is 121 cm³/mol. The van der Waals surface area contributed by atoms with Crippen LogP contribution in [0, 0.1) is 12.3 Å². The molecule has 1 amide bonds. The Labute approximate surface area is 185 Å². The average Bonchev–Trinajstić information content (AvgIpc) is 3.21. The number of hydrogen-bond acceptors (Lipinski definition) is 7. The van der Waals surface area contributed by atoms with Crippen molar-refractivity contribution in [1.82, 2.24) is 24.1 Å². The van der Waals surface area contributed by atoms with Gasteiger partial charge in [-0.15, -0.1) is 10.2 Å². The van der Waals surface area contributed by atoms with Gasteiger partial charge in [-0.2, -0.15) is 0 Å². The van der Waals surface area contributed by atoms with E-state index in [2.05, 4.69) is 20.5 Å². The van der Waals surface area contributed by atoms with E-state index in [4.69, 9.17) is 5.41 Å². The van der Waals surface area contributed by atoms with Crippen LogP contribution in [0.4, 0.5) is 5.13 Å². The minimum atomic E-state index is -0.535. The van der Waals surface area contributed by atoms with Gasteiger partial charge < -0.3 is 4.57 Å². The van der Waals surface area contributed by atoms with Crippen LogP contribution in [0.15, 0.2) is 65.6 Å². The maximum atomic E-state index is 13.2. The first kappa shape index (κ1) is 19.8. The minimum Gasteiger partial charge on any atom is -0.306 e. The van der Waals surface area contributed by atoms with E-state index in [0.717, 1.165) is 5.56 Å². The van der Waals surface area contributed by atoms with Crippen molar-refractivity contribution in [2.75, 3.05) is 5.32 Å². The van der Waals surface area contributed by atoms with Gasteiger partial charge >= 0.3 is 0 Å². The lowest BCUT2D eigenvalue weighted by molar-refractivity contribution is 0.102. The van der Waals surface area contributed by atoms with E-state index in [1.807, 2.05) is 30.3 Å². The van der Waals surface area contributed by atoms with Crippen molar-refractivity contribution >= 4 is 39.1 Å². The molecule has 0 aliphatic heterocycles. The Bertz CT molecular complexity index is 1600. The molecule has 4 heterocycles. The number of pyridine rings is 2. The number of carbonyl (C=O) groups is 1. The molecule has 32 heavy (non-hydrogen) atoms. The molecule has 5 rings (SSSR count). The Balaban J connectivity index is 1.75. The van der Waals surface area contributed by atoms with Gasteiger partial charge in [0.1, 0.15) is 21.8 Å². The van der Waals surface area contributed by atoms with Gasteiger partial charge in [-0.05, 0) is 30.7 Å². The molecular formula is C22H17N7O2S. The molecule has 0 spiro atoms. The van der Waals surface area contributed by atoms with Gasteiger partial charge in [0.2, 0.25) is 5.13 Å². The van der Waals surface area contributed by atoms with Crippen molar-refractivity contribution in [3.05, 3.63) is 92.8 Å². The third-order valence-electron chi connectivity index (χ3n) is 4.99. The summed E-state index contributed by atoms with van der Waals surface area (Å²) in [5.74, 6) is -0.535. The molecule has 0 saturated heterocycles. The molecule has 10 heteroatoms. The molecule has 0 unspecified atom stereocenters. The molecule has 158 valence electrons. The third kappa shape index (κ3) is 3.46. The van der Waals surface area contributed by atoms with Crippen LogP contribution in [-0.4, -0.2) is 30.1 Å². The lowest BCUT2D eigenvalue weighted by Crippen LogP contribution is -2.32. The van der Waals surface area contributed by atoms with Crippen LogP contribution in [0.5, 0.6) is 0 Å². The fourth-order valence-electron chi connectivity index (χ4n) is 3.49. The molecule has 0 aliphatic rings. The van der Waals surface area contributed by atoms with E-state index < -0.39 is 5.91 Å². The van der Waals surface area contributed by atoms with E-state index in [1.54, 1.807) is 35.9 Å². The standard InChI is InChI=1S/C22H17N7O2S/c1-13-26-27-22(32-13)25-20(30)15-11-16-19(24-17-9-5-6-10-28(17)21(16)31)29(18(15)23)12-14-7-3-2-4-8-14/h2-11,23H,12H2,1H3,(H,25,27,30). The Kier molecular flexibility index (Phi) is 4.83. The van der Waals surface area contributed by atoms with Gasteiger partial charge in [-0.1, -0.05) is 47.7 Å². The van der Waals surface area contributed by atoms with Crippen LogP contribution < -0.4 is 16.4 Å². The number of fused-ring (bicyclic) bond motifs is 2. The molecule has 0 atom stereocenters. The van der Waals surface area contributed by atoms with Gasteiger partial charge in [-0.3, -0.25) is 24.7 Å². The Morgan fingerprint density at radius 3 is 2.66 bits per heavy atom. The molecule has 0 fully saturated rings. The molecule has 1 aromatic carbocycles. The van der Waals surface area contributed by atoms with Crippen LogP contribution in [0.3, 0.4) is 0 Å². The van der Waals surface area contributed by atoms with E-state index in [-0.39, 0.29) is 28.5 Å². The second-order valence-corrected chi connectivity index (χ2v) is 8.32. The second kappa shape index (κ2) is 7.82. The van der Waals surface area contributed by atoms with Crippen molar-refractivity contribution in [2.45, 2.75) is 13.5 Å². The first-order valence-corrected chi connectivity index (χ1v) is 10.6. The lowest BCUT2D eigenvalue weighted by atomic mass is 10.1. The van der Waals surface area contributed by atoms with Crippen LogP contribution in [-0.2, 0) is 6.54 Å². The Morgan fingerprint density at radius 1 is 1.12 bits per heavy atom. The van der Waals surface area contributed by atoms with Crippen LogP contribution in [0.1, 0.15) is 20.9 Å². The van der Waals surface area contributed by atoms with Gasteiger partial charge in [-0.25, -0.2) is 4.98 Å². The normalized spacial score (nSPS) is 11.2. The largest absolute Gasteiger partial charge is 0.306 e. The summed E-state index contributed by atoms with van der Waals surface area (Å²) in [6.45, 7) is 2.06. The number of amides is 1. The zero-order valence-electron chi connectivity index (χ0n) is 16.9. The zero-order valence-corrected chi connectivity index (χ0v) is 17.8. The molecule has 0 radical (unpaired) electrons. The summed E-state index contributed by atoms with van der Waals surface area (Å²) >= 11 is 1.23. The highest BCUT2D eigenvalue weighted by atomic mass is 32.1. The molecule has 5 aromatic rings. The number of carbonyl (C=O) groups excluding carboxylic acids is 1. The number of aryl methyl sites for hydroxylation is 1. The Morgan fingerprint density at radius 2 is 1.91 bits per heavy atom. The van der Waals surface area contributed by atoms with E-state index >= 15 is 0 Å². The number of hydrogen-bond donors (Lipinski definition) is 2. The number of aromatic nitrogens is 5. The zero-order chi connectivity index (χ0) is 22.2. The molecule has 2 N–H and O–H groups in total. The van der Waals surface area contributed by atoms with Crippen molar-refractivity contribution in [3.8, 4) is 0 Å². The summed E-state index contributed by atoms with van der Waals surface area (Å²) in [4.78, 5) is 30.9. The molecule has 9 nitrogen and oxygen atoms in total. The summed E-state index contributed by atoms with van der Waals surface area (Å²) in [5, 5.41) is 20.5. The number of rotatable bonds is 4. The minimum absolute atomic E-state index is 0.0488.